The number of benzene rings is 2. The fourth-order valence-corrected chi connectivity index (χ4v) is 4.64. The van der Waals surface area contributed by atoms with Crippen molar-refractivity contribution in [3.8, 4) is 11.5 Å². The zero-order chi connectivity index (χ0) is 19.0. The molecular weight excluding hydrogens is 376 g/mol. The molecule has 2 aliphatic heterocycles. The van der Waals surface area contributed by atoms with Gasteiger partial charge in [0, 0.05) is 6.54 Å². The second-order valence-corrected chi connectivity index (χ2v) is 8.41. The van der Waals surface area contributed by atoms with Crippen molar-refractivity contribution in [1.29, 1.82) is 0 Å². The van der Waals surface area contributed by atoms with E-state index in [0.717, 1.165) is 18.4 Å². The van der Waals surface area contributed by atoms with E-state index in [1.54, 1.807) is 12.1 Å². The highest BCUT2D eigenvalue weighted by atomic mass is 32.2. The van der Waals surface area contributed by atoms with E-state index in [9.17, 15) is 17.2 Å². The molecule has 0 radical (unpaired) electrons. The van der Waals surface area contributed by atoms with Crippen molar-refractivity contribution in [2.24, 2.45) is 0 Å². The maximum atomic E-state index is 13.1. The Bertz CT molecular complexity index is 948. The smallest absolute Gasteiger partial charge is 0.341 e. The molecule has 2 aliphatic rings. The number of ether oxygens (including phenoxy) is 2. The van der Waals surface area contributed by atoms with E-state index >= 15 is 0 Å². The monoisotopic (exact) mass is 395 g/mol. The van der Waals surface area contributed by atoms with Gasteiger partial charge in [0.2, 0.25) is 9.84 Å². The molecule has 1 atom stereocenters. The van der Waals surface area contributed by atoms with Gasteiger partial charge in [-0.1, -0.05) is 18.2 Å². The Balaban J connectivity index is 1.73. The molecule has 2 aromatic carbocycles. The van der Waals surface area contributed by atoms with Crippen LogP contribution in [0, 0.1) is 0 Å². The topological polar surface area (TPSA) is 55.8 Å². The lowest BCUT2D eigenvalue weighted by Crippen LogP contribution is -2.26. The number of alkyl halides is 2. The van der Waals surface area contributed by atoms with Crippen LogP contribution >= 0.6 is 0 Å². The summed E-state index contributed by atoms with van der Waals surface area (Å²) < 4.78 is 61.7. The largest absolute Gasteiger partial charge is 0.486 e. The van der Waals surface area contributed by atoms with Gasteiger partial charge in [-0.05, 0) is 42.7 Å². The van der Waals surface area contributed by atoms with Crippen LogP contribution in [-0.2, 0) is 9.84 Å². The average molecular weight is 395 g/mol. The number of fused-ring (bicyclic) bond motifs is 1. The number of hydrogen-bond acceptors (Lipinski definition) is 5. The zero-order valence-electron chi connectivity index (χ0n) is 14.5. The van der Waals surface area contributed by atoms with Crippen LogP contribution in [0.15, 0.2) is 47.4 Å². The summed E-state index contributed by atoms with van der Waals surface area (Å²) in [6, 6.07) is 11.5. The summed E-state index contributed by atoms with van der Waals surface area (Å²) in [6.07, 6.45) is 1.63. The molecule has 8 heteroatoms. The maximum absolute atomic E-state index is 13.1. The third-order valence-electron chi connectivity index (χ3n) is 4.92. The van der Waals surface area contributed by atoms with E-state index in [1.807, 2.05) is 23.1 Å². The van der Waals surface area contributed by atoms with Gasteiger partial charge in [0.15, 0.2) is 11.5 Å². The van der Waals surface area contributed by atoms with Crippen LogP contribution in [0.3, 0.4) is 0 Å². The lowest BCUT2D eigenvalue weighted by Gasteiger charge is -2.30. The Kier molecular flexibility index (Phi) is 4.67. The van der Waals surface area contributed by atoms with Gasteiger partial charge < -0.3 is 14.4 Å². The number of anilines is 1. The molecule has 2 heterocycles. The molecule has 27 heavy (non-hydrogen) atoms. The SMILES string of the molecule is O=S(=O)(c1ccccc1N1CCCC1c1ccc2c(c1)OCCO2)C(F)F. The second kappa shape index (κ2) is 6.99. The first-order chi connectivity index (χ1) is 13.0. The van der Waals surface area contributed by atoms with Crippen LogP contribution in [0.5, 0.6) is 11.5 Å². The number of nitrogens with zero attached hydrogens (tertiary/aromatic N) is 1. The van der Waals surface area contributed by atoms with Gasteiger partial charge in [0.25, 0.3) is 0 Å². The van der Waals surface area contributed by atoms with Crippen molar-refractivity contribution in [2.45, 2.75) is 29.5 Å². The summed E-state index contributed by atoms with van der Waals surface area (Å²) in [7, 11) is -4.68. The lowest BCUT2D eigenvalue weighted by atomic mass is 10.0. The van der Waals surface area contributed by atoms with Crippen LogP contribution in [0.2, 0.25) is 0 Å². The molecule has 0 aliphatic carbocycles. The minimum atomic E-state index is -4.68. The van der Waals surface area contributed by atoms with Gasteiger partial charge in [-0.2, -0.15) is 8.78 Å². The third kappa shape index (κ3) is 3.22. The molecule has 1 fully saturated rings. The number of sulfone groups is 1. The van der Waals surface area contributed by atoms with Crippen molar-refractivity contribution in [2.75, 3.05) is 24.7 Å². The lowest BCUT2D eigenvalue weighted by molar-refractivity contribution is 0.171. The van der Waals surface area contributed by atoms with Crippen molar-refractivity contribution in [3.05, 3.63) is 48.0 Å². The van der Waals surface area contributed by atoms with Crippen molar-refractivity contribution in [1.82, 2.24) is 0 Å². The number of rotatable bonds is 4. The standard InChI is InChI=1S/C19H19F2NO4S/c20-19(21)27(23,24)18-6-2-1-4-15(18)22-9-3-5-14(22)13-7-8-16-17(12-13)26-11-10-25-16/h1-2,4,6-8,12,14,19H,3,5,9-11H2. The van der Waals surface area contributed by atoms with Gasteiger partial charge in [0.05, 0.1) is 16.6 Å². The summed E-state index contributed by atoms with van der Waals surface area (Å²) in [4.78, 5) is 1.56. The van der Waals surface area contributed by atoms with E-state index in [4.69, 9.17) is 9.47 Å². The van der Waals surface area contributed by atoms with Crippen molar-refractivity contribution < 1.29 is 26.7 Å². The minimum Gasteiger partial charge on any atom is -0.486 e. The van der Waals surface area contributed by atoms with E-state index in [1.165, 1.54) is 12.1 Å². The molecule has 1 saturated heterocycles. The van der Waals surface area contributed by atoms with E-state index in [2.05, 4.69) is 0 Å². The maximum Gasteiger partial charge on any atom is 0.341 e. The molecule has 5 nitrogen and oxygen atoms in total. The third-order valence-corrected chi connectivity index (χ3v) is 6.35. The van der Waals surface area contributed by atoms with Crippen LogP contribution in [0.1, 0.15) is 24.4 Å². The first-order valence-corrected chi connectivity index (χ1v) is 10.3. The number of hydrogen-bond donors (Lipinski definition) is 0. The second-order valence-electron chi connectivity index (χ2n) is 6.53. The summed E-state index contributed by atoms with van der Waals surface area (Å²) in [5, 5.41) is 0. The Hall–Kier alpha value is -2.35. The fourth-order valence-electron chi connectivity index (χ4n) is 3.70. The Labute approximate surface area is 156 Å². The quantitative estimate of drug-likeness (QED) is 0.788. The van der Waals surface area contributed by atoms with Crippen LogP contribution < -0.4 is 14.4 Å². The fraction of sp³-hybridized carbons (Fsp3) is 0.368. The molecule has 1 unspecified atom stereocenters. The van der Waals surface area contributed by atoms with Crippen LogP contribution in [0.25, 0.3) is 0 Å². The van der Waals surface area contributed by atoms with Gasteiger partial charge in [-0.25, -0.2) is 8.42 Å². The highest BCUT2D eigenvalue weighted by Crippen LogP contribution is 2.42. The van der Waals surface area contributed by atoms with Crippen LogP contribution in [-0.4, -0.2) is 33.9 Å². The van der Waals surface area contributed by atoms with Crippen molar-refractivity contribution >= 4 is 15.5 Å². The normalized spacial score (nSPS) is 19.5. The van der Waals surface area contributed by atoms with Gasteiger partial charge in [-0.15, -0.1) is 0 Å². The molecule has 0 saturated carbocycles. The van der Waals surface area contributed by atoms with E-state index in [0.29, 0.717) is 36.9 Å². The molecule has 0 aromatic heterocycles. The first-order valence-electron chi connectivity index (χ1n) is 8.76. The van der Waals surface area contributed by atoms with Crippen LogP contribution in [0.4, 0.5) is 14.5 Å². The number of halogens is 2. The van der Waals surface area contributed by atoms with Gasteiger partial charge in [0.1, 0.15) is 13.2 Å². The highest BCUT2D eigenvalue weighted by Gasteiger charge is 2.34. The average Bonchev–Trinajstić information content (AvgIpc) is 3.17. The Morgan fingerprint density at radius 3 is 2.56 bits per heavy atom. The van der Waals surface area contributed by atoms with E-state index < -0.39 is 15.6 Å². The minimum absolute atomic E-state index is 0.116. The zero-order valence-corrected chi connectivity index (χ0v) is 15.3. The van der Waals surface area contributed by atoms with Gasteiger partial charge in [-0.3, -0.25) is 0 Å². The molecule has 2 aromatic rings. The summed E-state index contributed by atoms with van der Waals surface area (Å²) in [5.74, 6) is -2.12. The first kappa shape index (κ1) is 18.0. The molecule has 0 spiro atoms. The molecular formula is C19H19F2NO4S. The molecule has 0 N–H and O–H groups in total. The summed E-state index contributed by atoms with van der Waals surface area (Å²) in [6.45, 7) is 1.57. The predicted molar refractivity (Wildman–Crippen MR) is 96.4 cm³/mol. The predicted octanol–water partition coefficient (Wildman–Crippen LogP) is 3.80. The highest BCUT2D eigenvalue weighted by molar-refractivity contribution is 7.91. The molecule has 144 valence electrons. The summed E-state index contributed by atoms with van der Waals surface area (Å²) >= 11 is 0. The molecule has 0 bridgehead atoms. The Morgan fingerprint density at radius 1 is 1.04 bits per heavy atom. The Morgan fingerprint density at radius 2 is 1.78 bits per heavy atom. The number of para-hydroxylation sites is 1. The molecule has 0 amide bonds. The van der Waals surface area contributed by atoms with Crippen molar-refractivity contribution in [3.63, 3.8) is 0 Å². The van der Waals surface area contributed by atoms with Gasteiger partial charge >= 0.3 is 5.76 Å². The van der Waals surface area contributed by atoms with E-state index in [-0.39, 0.29) is 10.9 Å². The summed E-state index contributed by atoms with van der Waals surface area (Å²) in [5.41, 5.74) is 1.26. The molecule has 4 rings (SSSR count).